The number of hydrogen-bond acceptors (Lipinski definition) is 4. The van der Waals surface area contributed by atoms with E-state index in [2.05, 4.69) is 39.0 Å². The van der Waals surface area contributed by atoms with Gasteiger partial charge in [0.05, 0.1) is 17.6 Å². The second-order valence-electron chi connectivity index (χ2n) is 8.91. The van der Waals surface area contributed by atoms with Crippen LogP contribution in [0.3, 0.4) is 0 Å². The molecule has 0 unspecified atom stereocenters. The van der Waals surface area contributed by atoms with Crippen LogP contribution in [0, 0.1) is 5.92 Å². The first-order chi connectivity index (χ1) is 14.2. The third kappa shape index (κ3) is 3.49. The smallest absolute Gasteiger partial charge is 0.226 e. The number of carbonyl (C=O) groups is 1. The highest BCUT2D eigenvalue weighted by atomic mass is 16.2. The Balaban J connectivity index is 1.33. The van der Waals surface area contributed by atoms with Crippen molar-refractivity contribution >= 4 is 5.91 Å². The van der Waals surface area contributed by atoms with Gasteiger partial charge in [0.25, 0.3) is 0 Å². The van der Waals surface area contributed by atoms with E-state index in [9.17, 15) is 4.79 Å². The van der Waals surface area contributed by atoms with E-state index in [0.29, 0.717) is 12.5 Å². The molecule has 1 aromatic carbocycles. The fourth-order valence-corrected chi connectivity index (χ4v) is 5.25. The highest BCUT2D eigenvalue weighted by Crippen LogP contribution is 2.45. The first kappa shape index (κ1) is 18.8. The van der Waals surface area contributed by atoms with Crippen LogP contribution < -0.4 is 5.73 Å². The van der Waals surface area contributed by atoms with Crippen molar-refractivity contribution in [2.75, 3.05) is 26.2 Å². The van der Waals surface area contributed by atoms with Crippen LogP contribution in [0.2, 0.25) is 0 Å². The molecule has 1 aliphatic carbocycles. The maximum atomic E-state index is 13.1. The van der Waals surface area contributed by atoms with Crippen molar-refractivity contribution in [3.63, 3.8) is 0 Å². The third-order valence-corrected chi connectivity index (χ3v) is 6.97. The van der Waals surface area contributed by atoms with Crippen molar-refractivity contribution in [1.82, 2.24) is 19.8 Å². The van der Waals surface area contributed by atoms with Crippen molar-refractivity contribution in [3.05, 3.63) is 53.1 Å². The Bertz CT molecular complexity index is 879. The summed E-state index contributed by atoms with van der Waals surface area (Å²) in [6.45, 7) is 4.44. The van der Waals surface area contributed by atoms with Crippen LogP contribution in [0.15, 0.2) is 30.6 Å². The molecular formula is C23H31N5O. The molecule has 1 saturated heterocycles. The Kier molecular flexibility index (Phi) is 4.92. The van der Waals surface area contributed by atoms with Crippen molar-refractivity contribution < 1.29 is 4.79 Å². The van der Waals surface area contributed by atoms with Crippen LogP contribution in [0.1, 0.15) is 48.2 Å². The number of hydrogen-bond donors (Lipinski definition) is 2. The van der Waals surface area contributed by atoms with Gasteiger partial charge in [-0.1, -0.05) is 24.3 Å². The Morgan fingerprint density at radius 1 is 1.21 bits per heavy atom. The predicted molar refractivity (Wildman–Crippen MR) is 112 cm³/mol. The average Bonchev–Trinajstić information content (AvgIpc) is 3.47. The van der Waals surface area contributed by atoms with Gasteiger partial charge in [-0.2, -0.15) is 0 Å². The van der Waals surface area contributed by atoms with E-state index in [1.165, 1.54) is 16.8 Å². The summed E-state index contributed by atoms with van der Waals surface area (Å²) in [4.78, 5) is 25.9. The molecule has 154 valence electrons. The summed E-state index contributed by atoms with van der Waals surface area (Å²) in [6.07, 6.45) is 7.68. The number of aromatic nitrogens is 2. The van der Waals surface area contributed by atoms with Gasteiger partial charge >= 0.3 is 0 Å². The van der Waals surface area contributed by atoms with Gasteiger partial charge in [0.2, 0.25) is 5.91 Å². The number of piperidine rings is 1. The SMILES string of the molecule is NCCc1cccc(CN2CCC3(CC2)c2nc[nH]c2CCN3C(=O)C2CC2)c1. The lowest BCUT2D eigenvalue weighted by Crippen LogP contribution is -2.58. The van der Waals surface area contributed by atoms with Gasteiger partial charge in [0, 0.05) is 44.2 Å². The minimum Gasteiger partial charge on any atom is -0.348 e. The van der Waals surface area contributed by atoms with E-state index >= 15 is 0 Å². The van der Waals surface area contributed by atoms with Crippen molar-refractivity contribution in [2.45, 2.75) is 50.6 Å². The topological polar surface area (TPSA) is 78.2 Å². The number of amides is 1. The second-order valence-corrected chi connectivity index (χ2v) is 8.91. The first-order valence-corrected chi connectivity index (χ1v) is 11.0. The first-order valence-electron chi connectivity index (χ1n) is 11.0. The average molecular weight is 394 g/mol. The highest BCUT2D eigenvalue weighted by molar-refractivity contribution is 5.82. The fraction of sp³-hybridized carbons (Fsp3) is 0.565. The number of nitrogens with zero attached hydrogens (tertiary/aromatic N) is 3. The lowest BCUT2D eigenvalue weighted by atomic mass is 9.78. The fourth-order valence-electron chi connectivity index (χ4n) is 5.25. The van der Waals surface area contributed by atoms with Gasteiger partial charge in [0.1, 0.15) is 0 Å². The maximum absolute atomic E-state index is 13.1. The molecule has 1 spiro atoms. The van der Waals surface area contributed by atoms with Gasteiger partial charge in [-0.15, -0.1) is 0 Å². The third-order valence-electron chi connectivity index (χ3n) is 6.97. The number of aromatic amines is 1. The number of H-pyrrole nitrogens is 1. The molecule has 0 radical (unpaired) electrons. The lowest BCUT2D eigenvalue weighted by Gasteiger charge is -2.50. The zero-order chi connectivity index (χ0) is 19.8. The number of fused-ring (bicyclic) bond motifs is 2. The Morgan fingerprint density at radius 3 is 2.76 bits per heavy atom. The van der Waals surface area contributed by atoms with Gasteiger partial charge in [-0.3, -0.25) is 9.69 Å². The summed E-state index contributed by atoms with van der Waals surface area (Å²) in [7, 11) is 0. The number of nitrogens with one attached hydrogen (secondary N) is 1. The van der Waals surface area contributed by atoms with Gasteiger partial charge in [-0.05, 0) is 49.8 Å². The summed E-state index contributed by atoms with van der Waals surface area (Å²) in [5.74, 6) is 0.622. The summed E-state index contributed by atoms with van der Waals surface area (Å²) < 4.78 is 0. The Labute approximate surface area is 172 Å². The molecule has 1 aromatic heterocycles. The van der Waals surface area contributed by atoms with E-state index in [1.54, 1.807) is 0 Å². The molecule has 3 N–H and O–H groups in total. The number of carbonyl (C=O) groups excluding carboxylic acids is 1. The molecule has 5 rings (SSSR count). The van der Waals surface area contributed by atoms with Crippen LogP contribution in [-0.2, 0) is 29.7 Å². The molecule has 6 nitrogen and oxygen atoms in total. The predicted octanol–water partition coefficient (Wildman–Crippen LogP) is 2.20. The minimum atomic E-state index is -0.217. The van der Waals surface area contributed by atoms with Crippen LogP contribution in [0.25, 0.3) is 0 Å². The van der Waals surface area contributed by atoms with Crippen molar-refractivity contribution in [2.24, 2.45) is 11.7 Å². The molecule has 29 heavy (non-hydrogen) atoms. The zero-order valence-corrected chi connectivity index (χ0v) is 17.1. The molecule has 2 fully saturated rings. The van der Waals surface area contributed by atoms with Crippen LogP contribution in [-0.4, -0.2) is 51.9 Å². The summed E-state index contributed by atoms with van der Waals surface area (Å²) in [5, 5.41) is 0. The van der Waals surface area contributed by atoms with E-state index in [-0.39, 0.29) is 11.5 Å². The standard InChI is InChI=1S/C23H31N5O/c24-10-6-17-2-1-3-18(14-17)15-27-12-8-23(9-13-27)21-20(25-16-26-21)7-11-28(23)22(29)19-4-5-19/h1-3,14,16,19H,4-13,15,24H2,(H,25,26). The maximum Gasteiger partial charge on any atom is 0.226 e. The zero-order valence-electron chi connectivity index (χ0n) is 17.1. The van der Waals surface area contributed by atoms with Crippen LogP contribution in [0.5, 0.6) is 0 Å². The minimum absolute atomic E-state index is 0.217. The molecule has 0 bridgehead atoms. The van der Waals surface area contributed by atoms with Crippen molar-refractivity contribution in [3.8, 4) is 0 Å². The van der Waals surface area contributed by atoms with E-state index in [0.717, 1.165) is 70.4 Å². The normalized spacial score (nSPS) is 21.3. The molecule has 2 aliphatic heterocycles. The van der Waals surface area contributed by atoms with Gasteiger partial charge in [-0.25, -0.2) is 4.98 Å². The van der Waals surface area contributed by atoms with Crippen LogP contribution in [0.4, 0.5) is 0 Å². The molecule has 0 atom stereocenters. The Morgan fingerprint density at radius 2 is 2.00 bits per heavy atom. The second kappa shape index (κ2) is 7.58. The Hall–Kier alpha value is -2.18. The molecular weight excluding hydrogens is 362 g/mol. The number of rotatable bonds is 5. The molecule has 2 aromatic rings. The number of likely N-dealkylation sites (tertiary alicyclic amines) is 1. The summed E-state index contributed by atoms with van der Waals surface area (Å²) in [6, 6.07) is 8.79. The lowest BCUT2D eigenvalue weighted by molar-refractivity contribution is -0.143. The molecule has 1 saturated carbocycles. The number of imidazole rings is 1. The quantitative estimate of drug-likeness (QED) is 0.816. The highest BCUT2D eigenvalue weighted by Gasteiger charge is 2.50. The van der Waals surface area contributed by atoms with Gasteiger partial charge in [0.15, 0.2) is 0 Å². The number of nitrogens with two attached hydrogens (primary N) is 1. The molecule has 3 heterocycles. The van der Waals surface area contributed by atoms with E-state index < -0.39 is 0 Å². The van der Waals surface area contributed by atoms with E-state index in [1.807, 2.05) is 6.33 Å². The van der Waals surface area contributed by atoms with Crippen molar-refractivity contribution in [1.29, 1.82) is 0 Å². The summed E-state index contributed by atoms with van der Waals surface area (Å²) >= 11 is 0. The van der Waals surface area contributed by atoms with Crippen LogP contribution >= 0.6 is 0 Å². The largest absolute Gasteiger partial charge is 0.348 e. The molecule has 1 amide bonds. The monoisotopic (exact) mass is 393 g/mol. The molecule has 3 aliphatic rings. The van der Waals surface area contributed by atoms with Gasteiger partial charge < -0.3 is 15.6 Å². The molecule has 6 heteroatoms. The summed E-state index contributed by atoms with van der Waals surface area (Å²) in [5.41, 5.74) is 10.5. The number of benzene rings is 1. The van der Waals surface area contributed by atoms with E-state index in [4.69, 9.17) is 10.7 Å².